The molecule has 2 atom stereocenters. The first-order valence-corrected chi connectivity index (χ1v) is 8.20. The highest BCUT2D eigenvalue weighted by molar-refractivity contribution is 9.10. The number of nitrogens with one attached hydrogen (secondary N) is 1. The number of hydrogen-bond acceptors (Lipinski definition) is 5. The number of rotatable bonds is 3. The maximum absolute atomic E-state index is 9.64. The topological polar surface area (TPSA) is 75.9 Å². The fourth-order valence-electron chi connectivity index (χ4n) is 3.12. The number of halogens is 1. The first kappa shape index (κ1) is 14.7. The third kappa shape index (κ3) is 2.89. The van der Waals surface area contributed by atoms with E-state index in [2.05, 4.69) is 36.3 Å². The van der Waals surface area contributed by atoms with Gasteiger partial charge in [0.2, 0.25) is 0 Å². The van der Waals surface area contributed by atoms with E-state index >= 15 is 0 Å². The van der Waals surface area contributed by atoms with Crippen molar-refractivity contribution in [2.24, 2.45) is 13.0 Å². The molecule has 7 heteroatoms. The van der Waals surface area contributed by atoms with Crippen LogP contribution in [0.5, 0.6) is 0 Å². The average molecular weight is 354 g/mol. The van der Waals surface area contributed by atoms with E-state index in [9.17, 15) is 5.11 Å². The Kier molecular flexibility index (Phi) is 4.40. The molecule has 0 amide bonds. The molecule has 1 aliphatic rings. The Morgan fingerprint density at radius 3 is 2.95 bits per heavy atom. The summed E-state index contributed by atoms with van der Waals surface area (Å²) >= 11 is 3.48. The monoisotopic (exact) mass is 353 g/mol. The van der Waals surface area contributed by atoms with E-state index in [-0.39, 0.29) is 18.6 Å². The molecule has 1 aliphatic carbocycles. The molecular weight excluding hydrogens is 334 g/mol. The lowest BCUT2D eigenvalue weighted by molar-refractivity contribution is 0.203. The van der Waals surface area contributed by atoms with E-state index in [1.165, 1.54) is 19.3 Å². The van der Waals surface area contributed by atoms with Crippen LogP contribution in [0.2, 0.25) is 0 Å². The minimum absolute atomic E-state index is 0.222. The molecule has 0 saturated heterocycles. The summed E-state index contributed by atoms with van der Waals surface area (Å²) in [5.74, 6) is 1.08. The third-order valence-electron chi connectivity index (χ3n) is 4.29. The fraction of sp³-hybridized carbons (Fsp3) is 0.643. The molecule has 1 saturated carbocycles. The van der Waals surface area contributed by atoms with Gasteiger partial charge in [0.1, 0.15) is 16.7 Å². The molecule has 2 aromatic rings. The molecule has 6 nitrogen and oxygen atoms in total. The number of aliphatic hydroxyl groups is 1. The molecule has 0 unspecified atom stereocenters. The maximum Gasteiger partial charge on any atom is 0.164 e. The van der Waals surface area contributed by atoms with E-state index in [1.54, 1.807) is 11.0 Å². The average Bonchev–Trinajstić information content (AvgIpc) is 2.66. The largest absolute Gasteiger partial charge is 0.396 e. The zero-order chi connectivity index (χ0) is 14.8. The second kappa shape index (κ2) is 6.27. The van der Waals surface area contributed by atoms with Gasteiger partial charge in [-0.1, -0.05) is 19.3 Å². The summed E-state index contributed by atoms with van der Waals surface area (Å²) in [4.78, 5) is 8.67. The molecule has 1 fully saturated rings. The summed E-state index contributed by atoms with van der Waals surface area (Å²) in [5.41, 5.74) is 0.800. The van der Waals surface area contributed by atoms with Crippen LogP contribution in [0.15, 0.2) is 10.9 Å². The van der Waals surface area contributed by atoms with Crippen LogP contribution in [0.4, 0.5) is 5.82 Å². The summed E-state index contributed by atoms with van der Waals surface area (Å²) in [5, 5.41) is 18.4. The quantitative estimate of drug-likeness (QED) is 0.829. The van der Waals surface area contributed by atoms with Gasteiger partial charge in [-0.25, -0.2) is 14.6 Å². The van der Waals surface area contributed by atoms with Crippen LogP contribution in [0.3, 0.4) is 0 Å². The Morgan fingerprint density at radius 1 is 1.33 bits per heavy atom. The van der Waals surface area contributed by atoms with Gasteiger partial charge < -0.3 is 10.4 Å². The Balaban J connectivity index is 1.93. The van der Waals surface area contributed by atoms with Crippen molar-refractivity contribution in [1.29, 1.82) is 0 Å². The van der Waals surface area contributed by atoms with Gasteiger partial charge in [-0.2, -0.15) is 5.10 Å². The predicted molar refractivity (Wildman–Crippen MR) is 85.1 cm³/mol. The standard InChI is InChI=1S/C14H20BrN5O/c1-20-14-11(12(15)19-20)13(16-8-17-14)18-10-6-4-2-3-5-9(10)7-21/h8-10,21H,2-7H2,1H3,(H,16,17,18)/t9-,10+/m0/s1. The minimum atomic E-state index is 0.222. The lowest BCUT2D eigenvalue weighted by Gasteiger charge is -2.25. The van der Waals surface area contributed by atoms with Gasteiger partial charge in [-0.05, 0) is 28.8 Å². The number of aliphatic hydroxyl groups excluding tert-OH is 1. The molecule has 2 heterocycles. The van der Waals surface area contributed by atoms with Crippen molar-refractivity contribution >= 4 is 32.8 Å². The van der Waals surface area contributed by atoms with Crippen LogP contribution < -0.4 is 5.32 Å². The highest BCUT2D eigenvalue weighted by Crippen LogP contribution is 2.30. The first-order valence-electron chi connectivity index (χ1n) is 7.41. The highest BCUT2D eigenvalue weighted by Gasteiger charge is 2.25. The molecule has 3 rings (SSSR count). The van der Waals surface area contributed by atoms with Gasteiger partial charge in [-0.3, -0.25) is 0 Å². The van der Waals surface area contributed by atoms with E-state index in [4.69, 9.17) is 0 Å². The van der Waals surface area contributed by atoms with Crippen molar-refractivity contribution in [3.05, 3.63) is 10.9 Å². The summed E-state index contributed by atoms with van der Waals surface area (Å²) in [6.07, 6.45) is 7.31. The molecule has 114 valence electrons. The summed E-state index contributed by atoms with van der Waals surface area (Å²) in [7, 11) is 1.87. The minimum Gasteiger partial charge on any atom is -0.396 e. The summed E-state index contributed by atoms with van der Waals surface area (Å²) < 4.78 is 2.49. The van der Waals surface area contributed by atoms with Crippen molar-refractivity contribution in [3.8, 4) is 0 Å². The zero-order valence-electron chi connectivity index (χ0n) is 12.1. The second-order valence-corrected chi connectivity index (χ2v) is 6.42. The number of aromatic nitrogens is 4. The maximum atomic E-state index is 9.64. The Morgan fingerprint density at radius 2 is 2.14 bits per heavy atom. The van der Waals surface area contributed by atoms with E-state index in [0.717, 1.165) is 34.3 Å². The van der Waals surface area contributed by atoms with Gasteiger partial charge in [0.25, 0.3) is 0 Å². The van der Waals surface area contributed by atoms with Gasteiger partial charge >= 0.3 is 0 Å². The first-order chi connectivity index (χ1) is 10.2. The lowest BCUT2D eigenvalue weighted by atomic mass is 9.95. The second-order valence-electron chi connectivity index (χ2n) is 5.67. The lowest BCUT2D eigenvalue weighted by Crippen LogP contribution is -2.31. The van der Waals surface area contributed by atoms with Crippen molar-refractivity contribution in [2.75, 3.05) is 11.9 Å². The molecule has 0 spiro atoms. The van der Waals surface area contributed by atoms with Crippen molar-refractivity contribution in [3.63, 3.8) is 0 Å². The van der Waals surface area contributed by atoms with Crippen molar-refractivity contribution in [1.82, 2.24) is 19.7 Å². The molecular formula is C14H20BrN5O. The van der Waals surface area contributed by atoms with Crippen molar-refractivity contribution in [2.45, 2.75) is 38.1 Å². The SMILES string of the molecule is Cn1nc(Br)c2c(N[C@@H]3CCCCC[C@H]3CO)ncnc21. The van der Waals surface area contributed by atoms with E-state index in [0.29, 0.717) is 0 Å². The van der Waals surface area contributed by atoms with Crippen LogP contribution in [-0.4, -0.2) is 37.5 Å². The Bertz CT molecular complexity index is 629. The highest BCUT2D eigenvalue weighted by atomic mass is 79.9. The van der Waals surface area contributed by atoms with Crippen LogP contribution in [0.1, 0.15) is 32.1 Å². The smallest absolute Gasteiger partial charge is 0.164 e. The van der Waals surface area contributed by atoms with Crippen LogP contribution in [-0.2, 0) is 7.05 Å². The van der Waals surface area contributed by atoms with Gasteiger partial charge in [-0.15, -0.1) is 0 Å². The van der Waals surface area contributed by atoms with Crippen LogP contribution in [0.25, 0.3) is 11.0 Å². The fourth-order valence-corrected chi connectivity index (χ4v) is 3.72. The van der Waals surface area contributed by atoms with Crippen LogP contribution in [0, 0.1) is 5.92 Å². The van der Waals surface area contributed by atoms with E-state index in [1.807, 2.05) is 7.05 Å². The normalized spacial score (nSPS) is 23.2. The molecule has 2 N–H and O–H groups in total. The molecule has 0 aliphatic heterocycles. The predicted octanol–water partition coefficient (Wildman–Crippen LogP) is 2.48. The van der Waals surface area contributed by atoms with Crippen LogP contribution >= 0.6 is 15.9 Å². The van der Waals surface area contributed by atoms with Gasteiger partial charge in [0.05, 0.1) is 5.39 Å². The number of hydrogen-bond donors (Lipinski definition) is 2. The van der Waals surface area contributed by atoms with Gasteiger partial charge in [0, 0.05) is 25.6 Å². The third-order valence-corrected chi connectivity index (χ3v) is 4.85. The van der Waals surface area contributed by atoms with Gasteiger partial charge in [0.15, 0.2) is 5.65 Å². The molecule has 0 bridgehead atoms. The van der Waals surface area contributed by atoms with E-state index < -0.39 is 0 Å². The molecule has 0 radical (unpaired) electrons. The summed E-state index contributed by atoms with van der Waals surface area (Å²) in [6.45, 7) is 0.222. The Labute approximate surface area is 132 Å². The van der Waals surface area contributed by atoms with Crippen molar-refractivity contribution < 1.29 is 5.11 Å². The number of fused-ring (bicyclic) bond motifs is 1. The number of aryl methyl sites for hydroxylation is 1. The molecule has 2 aromatic heterocycles. The zero-order valence-corrected chi connectivity index (χ0v) is 13.7. The Hall–Kier alpha value is -1.21. The molecule has 21 heavy (non-hydrogen) atoms. The number of nitrogens with zero attached hydrogens (tertiary/aromatic N) is 4. The summed E-state index contributed by atoms with van der Waals surface area (Å²) in [6, 6.07) is 0.253. The molecule has 0 aromatic carbocycles. The number of anilines is 1.